The lowest BCUT2D eigenvalue weighted by Gasteiger charge is -2.19. The SMILES string of the molecule is CCC(C)NC(C)c1cccc(C#N)c1. The third kappa shape index (κ3) is 3.38. The summed E-state index contributed by atoms with van der Waals surface area (Å²) in [7, 11) is 0. The molecule has 0 bridgehead atoms. The summed E-state index contributed by atoms with van der Waals surface area (Å²) in [5.74, 6) is 0. The molecule has 2 atom stereocenters. The first-order valence-corrected chi connectivity index (χ1v) is 5.43. The quantitative estimate of drug-likeness (QED) is 0.814. The molecule has 2 heteroatoms. The van der Waals surface area contributed by atoms with Gasteiger partial charge in [0.05, 0.1) is 11.6 Å². The molecule has 0 aliphatic carbocycles. The molecule has 0 aliphatic heterocycles. The Labute approximate surface area is 91.9 Å². The molecule has 0 radical (unpaired) electrons. The van der Waals surface area contributed by atoms with Crippen LogP contribution in [0.2, 0.25) is 0 Å². The van der Waals surface area contributed by atoms with E-state index in [-0.39, 0.29) is 0 Å². The number of nitrogens with one attached hydrogen (secondary N) is 1. The molecule has 0 fully saturated rings. The lowest BCUT2D eigenvalue weighted by atomic mass is 10.0. The fourth-order valence-electron chi connectivity index (χ4n) is 1.52. The maximum atomic E-state index is 8.80. The zero-order valence-electron chi connectivity index (χ0n) is 9.62. The Morgan fingerprint density at radius 1 is 1.40 bits per heavy atom. The molecule has 2 nitrogen and oxygen atoms in total. The third-order valence-electron chi connectivity index (χ3n) is 2.66. The zero-order chi connectivity index (χ0) is 11.3. The van der Waals surface area contributed by atoms with E-state index in [9.17, 15) is 0 Å². The normalized spacial score (nSPS) is 14.3. The van der Waals surface area contributed by atoms with E-state index in [2.05, 4.69) is 38.2 Å². The van der Waals surface area contributed by atoms with Gasteiger partial charge in [-0.25, -0.2) is 0 Å². The molecule has 0 aromatic heterocycles. The lowest BCUT2D eigenvalue weighted by Crippen LogP contribution is -2.28. The molecule has 15 heavy (non-hydrogen) atoms. The van der Waals surface area contributed by atoms with Crippen LogP contribution in [0.4, 0.5) is 0 Å². The van der Waals surface area contributed by atoms with Crippen molar-refractivity contribution in [1.29, 1.82) is 5.26 Å². The van der Waals surface area contributed by atoms with E-state index >= 15 is 0 Å². The number of rotatable bonds is 4. The van der Waals surface area contributed by atoms with Gasteiger partial charge in [-0.15, -0.1) is 0 Å². The van der Waals surface area contributed by atoms with Gasteiger partial charge < -0.3 is 5.32 Å². The summed E-state index contributed by atoms with van der Waals surface area (Å²) < 4.78 is 0. The van der Waals surface area contributed by atoms with Gasteiger partial charge in [0.1, 0.15) is 0 Å². The fraction of sp³-hybridized carbons (Fsp3) is 0.462. The standard InChI is InChI=1S/C13H18N2/c1-4-10(2)15-11(3)13-7-5-6-12(8-13)9-14/h5-8,10-11,15H,4H2,1-3H3. The summed E-state index contributed by atoms with van der Waals surface area (Å²) in [5.41, 5.74) is 1.90. The van der Waals surface area contributed by atoms with Crippen LogP contribution >= 0.6 is 0 Å². The van der Waals surface area contributed by atoms with Gasteiger partial charge in [-0.1, -0.05) is 19.1 Å². The number of hydrogen-bond acceptors (Lipinski definition) is 2. The molecule has 0 saturated heterocycles. The van der Waals surface area contributed by atoms with Crippen molar-refractivity contribution in [2.45, 2.75) is 39.3 Å². The molecular weight excluding hydrogens is 184 g/mol. The van der Waals surface area contributed by atoms with E-state index in [4.69, 9.17) is 5.26 Å². The smallest absolute Gasteiger partial charge is 0.0991 e. The van der Waals surface area contributed by atoms with Crippen LogP contribution in [0.15, 0.2) is 24.3 Å². The van der Waals surface area contributed by atoms with Crippen molar-refractivity contribution in [2.24, 2.45) is 0 Å². The van der Waals surface area contributed by atoms with Gasteiger partial charge in [-0.3, -0.25) is 0 Å². The molecule has 0 spiro atoms. The third-order valence-corrected chi connectivity index (χ3v) is 2.66. The maximum Gasteiger partial charge on any atom is 0.0991 e. The highest BCUT2D eigenvalue weighted by Crippen LogP contribution is 2.14. The van der Waals surface area contributed by atoms with Gasteiger partial charge in [-0.2, -0.15) is 5.26 Å². The first-order valence-electron chi connectivity index (χ1n) is 5.43. The second-order valence-electron chi connectivity index (χ2n) is 3.93. The minimum Gasteiger partial charge on any atom is -0.308 e. The van der Waals surface area contributed by atoms with Crippen LogP contribution in [-0.2, 0) is 0 Å². The first-order chi connectivity index (χ1) is 7.17. The Balaban J connectivity index is 2.73. The van der Waals surface area contributed by atoms with Gasteiger partial charge in [0.25, 0.3) is 0 Å². The van der Waals surface area contributed by atoms with Crippen molar-refractivity contribution in [2.75, 3.05) is 0 Å². The molecule has 0 heterocycles. The van der Waals surface area contributed by atoms with E-state index in [0.717, 1.165) is 12.0 Å². The Morgan fingerprint density at radius 2 is 2.13 bits per heavy atom. The van der Waals surface area contributed by atoms with Crippen LogP contribution < -0.4 is 5.32 Å². The van der Waals surface area contributed by atoms with Gasteiger partial charge in [-0.05, 0) is 38.0 Å². The second kappa shape index (κ2) is 5.53. The Hall–Kier alpha value is -1.33. The Kier molecular flexibility index (Phi) is 4.33. The summed E-state index contributed by atoms with van der Waals surface area (Å²) in [6.07, 6.45) is 1.11. The van der Waals surface area contributed by atoms with E-state index in [1.165, 1.54) is 5.56 Å². The van der Waals surface area contributed by atoms with Crippen molar-refractivity contribution in [3.63, 3.8) is 0 Å². The molecule has 0 saturated carbocycles. The molecular formula is C13H18N2. The monoisotopic (exact) mass is 202 g/mol. The van der Waals surface area contributed by atoms with Crippen molar-refractivity contribution >= 4 is 0 Å². The van der Waals surface area contributed by atoms with E-state index in [1.54, 1.807) is 0 Å². The zero-order valence-corrected chi connectivity index (χ0v) is 9.62. The summed E-state index contributed by atoms with van der Waals surface area (Å²) in [4.78, 5) is 0. The highest BCUT2D eigenvalue weighted by Gasteiger charge is 2.08. The van der Waals surface area contributed by atoms with Crippen LogP contribution in [0.25, 0.3) is 0 Å². The average Bonchev–Trinajstić information content (AvgIpc) is 2.28. The minimum absolute atomic E-state index is 0.299. The number of nitrogens with zero attached hydrogens (tertiary/aromatic N) is 1. The Bertz CT molecular complexity index is 352. The van der Waals surface area contributed by atoms with Crippen molar-refractivity contribution < 1.29 is 0 Å². The molecule has 0 amide bonds. The number of benzene rings is 1. The topological polar surface area (TPSA) is 35.8 Å². The predicted octanol–water partition coefficient (Wildman–Crippen LogP) is 3.01. The number of hydrogen-bond donors (Lipinski definition) is 1. The van der Waals surface area contributed by atoms with Crippen LogP contribution in [0.3, 0.4) is 0 Å². The first kappa shape index (κ1) is 11.7. The van der Waals surface area contributed by atoms with Crippen molar-refractivity contribution in [3.8, 4) is 6.07 Å². The summed E-state index contributed by atoms with van der Waals surface area (Å²) in [6.45, 7) is 6.46. The molecule has 1 aromatic carbocycles. The molecule has 2 unspecified atom stereocenters. The Morgan fingerprint density at radius 3 is 2.73 bits per heavy atom. The van der Waals surface area contributed by atoms with Crippen LogP contribution in [0, 0.1) is 11.3 Å². The van der Waals surface area contributed by atoms with Crippen molar-refractivity contribution in [1.82, 2.24) is 5.32 Å². The largest absolute Gasteiger partial charge is 0.308 e. The molecule has 0 aliphatic rings. The van der Waals surface area contributed by atoms with E-state index in [1.807, 2.05) is 18.2 Å². The van der Waals surface area contributed by atoms with Crippen molar-refractivity contribution in [3.05, 3.63) is 35.4 Å². The number of nitriles is 1. The van der Waals surface area contributed by atoms with Gasteiger partial charge in [0, 0.05) is 12.1 Å². The van der Waals surface area contributed by atoms with Crippen LogP contribution in [-0.4, -0.2) is 6.04 Å². The summed E-state index contributed by atoms with van der Waals surface area (Å²) in [5, 5.41) is 12.3. The van der Waals surface area contributed by atoms with E-state index in [0.29, 0.717) is 12.1 Å². The van der Waals surface area contributed by atoms with Gasteiger partial charge in [0.15, 0.2) is 0 Å². The average molecular weight is 202 g/mol. The minimum atomic E-state index is 0.299. The van der Waals surface area contributed by atoms with Crippen LogP contribution in [0.5, 0.6) is 0 Å². The maximum absolute atomic E-state index is 8.80. The molecule has 1 rings (SSSR count). The summed E-state index contributed by atoms with van der Waals surface area (Å²) in [6, 6.07) is 10.7. The molecule has 80 valence electrons. The van der Waals surface area contributed by atoms with Crippen LogP contribution in [0.1, 0.15) is 44.4 Å². The molecule has 1 N–H and O–H groups in total. The fourth-order valence-corrected chi connectivity index (χ4v) is 1.52. The molecule has 1 aromatic rings. The highest BCUT2D eigenvalue weighted by atomic mass is 14.9. The van der Waals surface area contributed by atoms with E-state index < -0.39 is 0 Å². The lowest BCUT2D eigenvalue weighted by molar-refractivity contribution is 0.469. The predicted molar refractivity (Wildman–Crippen MR) is 62.5 cm³/mol. The van der Waals surface area contributed by atoms with Gasteiger partial charge >= 0.3 is 0 Å². The highest BCUT2D eigenvalue weighted by molar-refractivity contribution is 5.34. The van der Waals surface area contributed by atoms with Gasteiger partial charge in [0.2, 0.25) is 0 Å². The summed E-state index contributed by atoms with van der Waals surface area (Å²) >= 11 is 0. The second-order valence-corrected chi connectivity index (χ2v) is 3.93.